The van der Waals surface area contributed by atoms with Gasteiger partial charge in [0.2, 0.25) is 0 Å². The normalized spacial score (nSPS) is 10.8. The van der Waals surface area contributed by atoms with Crippen molar-refractivity contribution in [2.24, 2.45) is 0 Å². The molecule has 0 aromatic heterocycles. The predicted molar refractivity (Wildman–Crippen MR) is 56.9 cm³/mol. The van der Waals surface area contributed by atoms with E-state index in [1.165, 1.54) is 19.3 Å². The van der Waals surface area contributed by atoms with Gasteiger partial charge in [0.1, 0.15) is 5.78 Å². The van der Waals surface area contributed by atoms with Crippen molar-refractivity contribution >= 4 is 5.78 Å². The van der Waals surface area contributed by atoms with E-state index in [1.54, 1.807) is 0 Å². The second-order valence-electron chi connectivity index (χ2n) is 3.73. The molecule has 2 heteroatoms. The first kappa shape index (κ1) is 12.6. The highest BCUT2D eigenvalue weighted by Crippen LogP contribution is 1.97. The lowest BCUT2D eigenvalue weighted by Gasteiger charge is -2.14. The van der Waals surface area contributed by atoms with Crippen LogP contribution in [0.2, 0.25) is 0 Å². The average Bonchev–Trinajstić information content (AvgIpc) is 2.05. The molecule has 0 aliphatic carbocycles. The van der Waals surface area contributed by atoms with Crippen LogP contribution in [0.3, 0.4) is 0 Å². The zero-order valence-corrected chi connectivity index (χ0v) is 9.31. The van der Waals surface area contributed by atoms with Crippen LogP contribution in [0.4, 0.5) is 0 Å². The van der Waals surface area contributed by atoms with E-state index in [9.17, 15) is 4.79 Å². The summed E-state index contributed by atoms with van der Waals surface area (Å²) in [5.74, 6) is 0.376. The maximum absolute atomic E-state index is 11.2. The van der Waals surface area contributed by atoms with Crippen LogP contribution in [0.25, 0.3) is 0 Å². The molecule has 0 saturated carbocycles. The van der Waals surface area contributed by atoms with Crippen molar-refractivity contribution in [2.45, 2.75) is 46.0 Å². The number of carbonyl (C=O) groups is 1. The van der Waals surface area contributed by atoms with Gasteiger partial charge in [-0.1, -0.05) is 26.7 Å². The number of nitrogens with zero attached hydrogens (tertiary/aromatic N) is 1. The zero-order valence-electron chi connectivity index (χ0n) is 9.31. The van der Waals surface area contributed by atoms with Crippen molar-refractivity contribution in [1.29, 1.82) is 0 Å². The predicted octanol–water partition coefficient (Wildman–Crippen LogP) is 2.48. The number of likely N-dealkylation sites (N-methyl/N-ethyl adjacent to an activating group) is 1. The fourth-order valence-electron chi connectivity index (χ4n) is 1.37. The molecule has 0 spiro atoms. The summed E-state index contributed by atoms with van der Waals surface area (Å²) in [4.78, 5) is 13.4. The summed E-state index contributed by atoms with van der Waals surface area (Å²) in [5.41, 5.74) is 0. The molecule has 2 nitrogen and oxygen atoms in total. The minimum absolute atomic E-state index is 0.376. The van der Waals surface area contributed by atoms with E-state index in [0.717, 1.165) is 19.4 Å². The zero-order chi connectivity index (χ0) is 10.1. The molecule has 0 radical (unpaired) electrons. The lowest BCUT2D eigenvalue weighted by Crippen LogP contribution is -2.26. The van der Waals surface area contributed by atoms with Gasteiger partial charge in [-0.25, -0.2) is 0 Å². The van der Waals surface area contributed by atoms with Gasteiger partial charge < -0.3 is 0 Å². The van der Waals surface area contributed by atoms with Gasteiger partial charge in [-0.05, 0) is 26.4 Å². The van der Waals surface area contributed by atoms with E-state index in [1.807, 2.05) is 7.05 Å². The van der Waals surface area contributed by atoms with Crippen molar-refractivity contribution in [3.8, 4) is 0 Å². The van der Waals surface area contributed by atoms with Crippen LogP contribution in [0.1, 0.15) is 46.0 Å². The van der Waals surface area contributed by atoms with Gasteiger partial charge in [0.15, 0.2) is 0 Å². The highest BCUT2D eigenvalue weighted by molar-refractivity contribution is 5.80. The van der Waals surface area contributed by atoms with Crippen LogP contribution in [0, 0.1) is 0 Å². The van der Waals surface area contributed by atoms with Gasteiger partial charge in [-0.2, -0.15) is 0 Å². The summed E-state index contributed by atoms with van der Waals surface area (Å²) in [6, 6.07) is 0. The number of unbranched alkanes of at least 4 members (excludes halogenated alkanes) is 2. The number of hydrogen-bond donors (Lipinski definition) is 0. The fourth-order valence-corrected chi connectivity index (χ4v) is 1.37. The third kappa shape index (κ3) is 7.97. The van der Waals surface area contributed by atoms with Crippen LogP contribution >= 0.6 is 0 Å². The van der Waals surface area contributed by atoms with E-state index in [-0.39, 0.29) is 0 Å². The monoisotopic (exact) mass is 185 g/mol. The number of hydrogen-bond acceptors (Lipinski definition) is 2. The molecule has 0 amide bonds. The molecule has 13 heavy (non-hydrogen) atoms. The molecule has 0 aromatic carbocycles. The smallest absolute Gasteiger partial charge is 0.146 e. The molecule has 78 valence electrons. The molecule has 0 atom stereocenters. The summed E-state index contributed by atoms with van der Waals surface area (Å²) in [6.45, 7) is 5.94. The van der Waals surface area contributed by atoms with Crippen LogP contribution in [-0.2, 0) is 4.79 Å². The number of Topliss-reactive ketones (excluding diaryl/α,β-unsaturated/α-hetero) is 1. The van der Waals surface area contributed by atoms with Gasteiger partial charge >= 0.3 is 0 Å². The Hall–Kier alpha value is -0.370. The molecule has 0 aliphatic rings. The first-order valence-corrected chi connectivity index (χ1v) is 5.41. The Morgan fingerprint density at radius 1 is 1.15 bits per heavy atom. The molecule has 0 unspecified atom stereocenters. The molecule has 0 bridgehead atoms. The molecule has 0 N–H and O–H groups in total. The van der Waals surface area contributed by atoms with Crippen molar-refractivity contribution in [2.75, 3.05) is 20.1 Å². The largest absolute Gasteiger partial charge is 0.299 e. The summed E-state index contributed by atoms with van der Waals surface area (Å²) in [5, 5.41) is 0. The van der Waals surface area contributed by atoms with Gasteiger partial charge in [0.25, 0.3) is 0 Å². The maximum Gasteiger partial charge on any atom is 0.146 e. The average molecular weight is 185 g/mol. The standard InChI is InChI=1S/C11H23NO/c1-4-6-7-9-12(3)10-11(13)8-5-2/h4-10H2,1-3H3. The molecule has 0 saturated heterocycles. The third-order valence-electron chi connectivity index (χ3n) is 2.12. The number of ketones is 1. The van der Waals surface area contributed by atoms with Gasteiger partial charge in [0.05, 0.1) is 6.54 Å². The molecule has 0 rings (SSSR count). The van der Waals surface area contributed by atoms with Gasteiger partial charge in [0, 0.05) is 6.42 Å². The minimum atomic E-state index is 0.376. The Labute approximate surface area is 82.3 Å². The molecule has 0 aromatic rings. The van der Waals surface area contributed by atoms with E-state index in [2.05, 4.69) is 18.7 Å². The minimum Gasteiger partial charge on any atom is -0.299 e. The van der Waals surface area contributed by atoms with Crippen LogP contribution in [0.15, 0.2) is 0 Å². The topological polar surface area (TPSA) is 20.3 Å². The highest BCUT2D eigenvalue weighted by Gasteiger charge is 2.04. The first-order chi connectivity index (χ1) is 6.20. The Bertz CT molecular complexity index is 134. The number of rotatable bonds is 8. The molecular formula is C11H23NO. The number of carbonyl (C=O) groups excluding carboxylic acids is 1. The lowest BCUT2D eigenvalue weighted by atomic mass is 10.2. The van der Waals surface area contributed by atoms with Crippen LogP contribution < -0.4 is 0 Å². The highest BCUT2D eigenvalue weighted by atomic mass is 16.1. The second-order valence-corrected chi connectivity index (χ2v) is 3.73. The fraction of sp³-hybridized carbons (Fsp3) is 0.909. The second kappa shape index (κ2) is 8.24. The summed E-state index contributed by atoms with van der Waals surface area (Å²) in [6.07, 6.45) is 5.44. The summed E-state index contributed by atoms with van der Waals surface area (Å²) >= 11 is 0. The van der Waals surface area contributed by atoms with Crippen molar-refractivity contribution in [3.63, 3.8) is 0 Å². The van der Waals surface area contributed by atoms with E-state index >= 15 is 0 Å². The summed E-state index contributed by atoms with van der Waals surface area (Å²) < 4.78 is 0. The molecular weight excluding hydrogens is 162 g/mol. The molecule has 0 heterocycles. The SMILES string of the molecule is CCCCCN(C)CC(=O)CCC. The van der Waals surface area contributed by atoms with Crippen molar-refractivity contribution in [1.82, 2.24) is 4.90 Å². The van der Waals surface area contributed by atoms with E-state index in [4.69, 9.17) is 0 Å². The Morgan fingerprint density at radius 3 is 2.38 bits per heavy atom. The molecule has 0 aliphatic heterocycles. The van der Waals surface area contributed by atoms with Gasteiger partial charge in [-0.3, -0.25) is 9.69 Å². The van der Waals surface area contributed by atoms with Crippen LogP contribution in [0.5, 0.6) is 0 Å². The Kier molecular flexibility index (Phi) is 8.00. The lowest BCUT2D eigenvalue weighted by molar-refractivity contribution is -0.119. The first-order valence-electron chi connectivity index (χ1n) is 5.41. The van der Waals surface area contributed by atoms with Crippen LogP contribution in [-0.4, -0.2) is 30.8 Å². The third-order valence-corrected chi connectivity index (χ3v) is 2.12. The molecule has 0 fully saturated rings. The quantitative estimate of drug-likeness (QED) is 0.541. The van der Waals surface area contributed by atoms with E-state index < -0.39 is 0 Å². The Morgan fingerprint density at radius 2 is 1.85 bits per heavy atom. The van der Waals surface area contributed by atoms with Crippen molar-refractivity contribution < 1.29 is 4.79 Å². The van der Waals surface area contributed by atoms with Gasteiger partial charge in [-0.15, -0.1) is 0 Å². The maximum atomic E-state index is 11.2. The van der Waals surface area contributed by atoms with Crippen molar-refractivity contribution in [3.05, 3.63) is 0 Å². The van der Waals surface area contributed by atoms with E-state index in [0.29, 0.717) is 12.3 Å². The Balaban J connectivity index is 3.38. The summed E-state index contributed by atoms with van der Waals surface area (Å²) in [7, 11) is 2.03.